The Bertz CT molecular complexity index is 1280. The van der Waals surface area contributed by atoms with Crippen LogP contribution in [0.5, 0.6) is 0 Å². The molecule has 200 valence electrons. The van der Waals surface area contributed by atoms with Gasteiger partial charge < -0.3 is 20.2 Å². The van der Waals surface area contributed by atoms with Gasteiger partial charge in [-0.1, -0.05) is 19.4 Å². The molecule has 0 radical (unpaired) electrons. The van der Waals surface area contributed by atoms with Crippen molar-refractivity contribution < 1.29 is 19.5 Å². The molecule has 1 saturated heterocycles. The van der Waals surface area contributed by atoms with Crippen LogP contribution in [0, 0.1) is 11.8 Å². The van der Waals surface area contributed by atoms with Crippen molar-refractivity contribution in [2.45, 2.75) is 39.2 Å². The number of hydrogen-bond acceptors (Lipinski definition) is 7. The van der Waals surface area contributed by atoms with E-state index < -0.39 is 17.8 Å². The number of aromatic nitrogens is 3. The molecule has 2 atom stereocenters. The molecule has 11 heteroatoms. The van der Waals surface area contributed by atoms with Gasteiger partial charge in [0.05, 0.1) is 28.6 Å². The molecular weight excluding hydrogens is 504 g/mol. The molecule has 3 aromatic heterocycles. The highest BCUT2D eigenvalue weighted by Gasteiger charge is 2.40. The van der Waals surface area contributed by atoms with Crippen LogP contribution in [0.3, 0.4) is 0 Å². The van der Waals surface area contributed by atoms with Crippen LogP contribution < -0.4 is 10.2 Å². The summed E-state index contributed by atoms with van der Waals surface area (Å²) in [5.74, 6) is -1.33. The molecule has 10 nitrogen and oxygen atoms in total. The van der Waals surface area contributed by atoms with E-state index in [4.69, 9.17) is 0 Å². The van der Waals surface area contributed by atoms with Gasteiger partial charge in [0, 0.05) is 32.7 Å². The zero-order valence-corrected chi connectivity index (χ0v) is 22.2. The summed E-state index contributed by atoms with van der Waals surface area (Å²) in [6.45, 7) is 5.02. The molecule has 0 spiro atoms. The number of hydrogen-bond donors (Lipinski definition) is 2. The van der Waals surface area contributed by atoms with E-state index in [9.17, 15) is 19.5 Å². The second-order valence-corrected chi connectivity index (χ2v) is 10.7. The first-order valence-corrected chi connectivity index (χ1v) is 14.0. The smallest absolute Gasteiger partial charge is 0.307 e. The third-order valence-electron chi connectivity index (χ3n) is 7.29. The van der Waals surface area contributed by atoms with E-state index in [-0.39, 0.29) is 11.8 Å². The Kier molecular flexibility index (Phi) is 7.73. The minimum Gasteiger partial charge on any atom is -0.481 e. The summed E-state index contributed by atoms with van der Waals surface area (Å²) in [4.78, 5) is 47.0. The van der Waals surface area contributed by atoms with Gasteiger partial charge in [0.25, 0.3) is 5.91 Å². The predicted octanol–water partition coefficient (Wildman–Crippen LogP) is 3.82. The molecule has 0 aromatic carbocycles. The average Bonchev–Trinajstić information content (AvgIpc) is 3.70. The summed E-state index contributed by atoms with van der Waals surface area (Å²) in [5, 5.41) is 19.0. The first-order valence-electron chi connectivity index (χ1n) is 13.1. The highest BCUT2D eigenvalue weighted by atomic mass is 32.1. The molecule has 1 saturated carbocycles. The second-order valence-electron chi connectivity index (χ2n) is 9.77. The van der Waals surface area contributed by atoms with E-state index in [1.54, 1.807) is 27.1 Å². The van der Waals surface area contributed by atoms with Gasteiger partial charge in [0.2, 0.25) is 5.91 Å². The van der Waals surface area contributed by atoms with Crippen molar-refractivity contribution in [3.8, 4) is 10.6 Å². The summed E-state index contributed by atoms with van der Waals surface area (Å²) in [6.07, 6.45) is 4.52. The lowest BCUT2D eigenvalue weighted by molar-refractivity contribution is -0.149. The number of carboxylic acid groups (broad SMARTS) is 1. The zero-order valence-electron chi connectivity index (χ0n) is 21.4. The molecule has 2 N–H and O–H groups in total. The number of pyridine rings is 1. The van der Waals surface area contributed by atoms with Crippen molar-refractivity contribution in [3.63, 3.8) is 0 Å². The van der Waals surface area contributed by atoms with Crippen LogP contribution in [0.15, 0.2) is 41.9 Å². The molecule has 2 amide bonds. The Labute approximate surface area is 225 Å². The quantitative estimate of drug-likeness (QED) is 0.449. The third-order valence-corrected chi connectivity index (χ3v) is 8.19. The van der Waals surface area contributed by atoms with E-state index in [1.165, 1.54) is 0 Å². The normalized spacial score (nSPS) is 19.5. The Hall–Kier alpha value is -3.73. The summed E-state index contributed by atoms with van der Waals surface area (Å²) >= 11 is 1.59. The molecule has 2 unspecified atom stereocenters. The minimum atomic E-state index is -0.867. The van der Waals surface area contributed by atoms with Crippen LogP contribution in [0.25, 0.3) is 10.6 Å². The van der Waals surface area contributed by atoms with Gasteiger partial charge in [-0.15, -0.1) is 11.3 Å². The number of aliphatic carboxylic acids is 1. The number of anilines is 2. The zero-order chi connectivity index (χ0) is 26.6. The number of nitrogens with zero attached hydrogens (tertiary/aromatic N) is 5. The fourth-order valence-electron chi connectivity index (χ4n) is 5.31. The number of amides is 2. The molecule has 2 fully saturated rings. The van der Waals surface area contributed by atoms with E-state index in [1.807, 2.05) is 42.6 Å². The third kappa shape index (κ3) is 5.42. The topological polar surface area (TPSA) is 121 Å². The van der Waals surface area contributed by atoms with E-state index in [0.717, 1.165) is 29.2 Å². The first kappa shape index (κ1) is 25.9. The number of rotatable bonds is 8. The number of carbonyl (C=O) groups excluding carboxylic acids is 2. The van der Waals surface area contributed by atoms with Gasteiger partial charge in [-0.3, -0.25) is 19.1 Å². The standard InChI is InChI=1S/C27H32N6O4S/c1-2-10-33-22(16-21(30-33)23-7-4-15-38-23)25(34)29-18-8-9-24(28-17-18)31-11-13-32(14-12-31)26(35)19-5-3-6-20(19)27(36)37/h4,7-9,15-17,19-20H,2-3,5-6,10-14H2,1H3,(H,29,34)(H,36,37). The van der Waals surface area contributed by atoms with Crippen molar-refractivity contribution in [1.82, 2.24) is 19.7 Å². The Morgan fingerprint density at radius 3 is 2.55 bits per heavy atom. The number of aryl methyl sites for hydroxylation is 1. The highest BCUT2D eigenvalue weighted by Crippen LogP contribution is 2.34. The van der Waals surface area contributed by atoms with Crippen LogP contribution in [0.2, 0.25) is 0 Å². The molecule has 1 aliphatic heterocycles. The molecule has 4 heterocycles. The van der Waals surface area contributed by atoms with Crippen molar-refractivity contribution in [3.05, 3.63) is 47.6 Å². The fourth-order valence-corrected chi connectivity index (χ4v) is 5.99. The molecule has 5 rings (SSSR count). The Morgan fingerprint density at radius 2 is 1.89 bits per heavy atom. The monoisotopic (exact) mass is 536 g/mol. The van der Waals surface area contributed by atoms with Gasteiger partial charge in [-0.05, 0) is 48.9 Å². The summed E-state index contributed by atoms with van der Waals surface area (Å²) < 4.78 is 1.75. The maximum atomic E-state index is 13.1. The second kappa shape index (κ2) is 11.3. The van der Waals surface area contributed by atoms with Gasteiger partial charge in [0.1, 0.15) is 17.2 Å². The molecule has 38 heavy (non-hydrogen) atoms. The lowest BCUT2D eigenvalue weighted by Gasteiger charge is -2.37. The summed E-state index contributed by atoms with van der Waals surface area (Å²) in [7, 11) is 0. The van der Waals surface area contributed by atoms with E-state index >= 15 is 0 Å². The fraction of sp³-hybridized carbons (Fsp3) is 0.444. The lowest BCUT2D eigenvalue weighted by atomic mass is 9.94. The minimum absolute atomic E-state index is 0.0369. The Morgan fingerprint density at radius 1 is 1.11 bits per heavy atom. The lowest BCUT2D eigenvalue weighted by Crippen LogP contribution is -2.51. The maximum absolute atomic E-state index is 13.1. The molecular formula is C27H32N6O4S. The van der Waals surface area contributed by atoms with Crippen molar-refractivity contribution in [2.24, 2.45) is 11.8 Å². The largest absolute Gasteiger partial charge is 0.481 e. The van der Waals surface area contributed by atoms with E-state index in [0.29, 0.717) is 56.9 Å². The van der Waals surface area contributed by atoms with Gasteiger partial charge in [0.15, 0.2) is 0 Å². The summed E-state index contributed by atoms with van der Waals surface area (Å²) in [5.41, 5.74) is 1.89. The van der Waals surface area contributed by atoms with Crippen LogP contribution in [0.1, 0.15) is 43.1 Å². The predicted molar refractivity (Wildman–Crippen MR) is 145 cm³/mol. The number of carboxylic acids is 1. The van der Waals surface area contributed by atoms with Crippen molar-refractivity contribution in [2.75, 3.05) is 36.4 Å². The van der Waals surface area contributed by atoms with Crippen molar-refractivity contribution >= 4 is 40.6 Å². The molecule has 1 aliphatic carbocycles. The van der Waals surface area contributed by atoms with Crippen LogP contribution in [-0.4, -0.2) is 68.7 Å². The highest BCUT2D eigenvalue weighted by molar-refractivity contribution is 7.13. The van der Waals surface area contributed by atoms with Crippen LogP contribution in [0.4, 0.5) is 11.5 Å². The number of piperazine rings is 1. The van der Waals surface area contributed by atoms with Crippen LogP contribution >= 0.6 is 11.3 Å². The van der Waals surface area contributed by atoms with Crippen LogP contribution in [-0.2, 0) is 16.1 Å². The van der Waals surface area contributed by atoms with Crippen molar-refractivity contribution in [1.29, 1.82) is 0 Å². The Balaban J connectivity index is 1.19. The molecule has 2 aliphatic rings. The number of thiophene rings is 1. The first-order chi connectivity index (χ1) is 18.4. The SMILES string of the molecule is CCCn1nc(-c2cccs2)cc1C(=O)Nc1ccc(N2CCN(C(=O)C3CCCC3C(=O)O)CC2)nc1. The van der Waals surface area contributed by atoms with E-state index in [2.05, 4.69) is 20.3 Å². The average molecular weight is 537 g/mol. The van der Waals surface area contributed by atoms with Gasteiger partial charge >= 0.3 is 5.97 Å². The van der Waals surface area contributed by atoms with Gasteiger partial charge in [-0.25, -0.2) is 4.98 Å². The molecule has 3 aromatic rings. The number of nitrogens with one attached hydrogen (secondary N) is 1. The van der Waals surface area contributed by atoms with Gasteiger partial charge in [-0.2, -0.15) is 5.10 Å². The number of carbonyl (C=O) groups is 3. The molecule has 0 bridgehead atoms. The summed E-state index contributed by atoms with van der Waals surface area (Å²) in [6, 6.07) is 9.47. The maximum Gasteiger partial charge on any atom is 0.307 e.